The maximum atomic E-state index is 12.7. The van der Waals surface area contributed by atoms with E-state index in [1.807, 2.05) is 50.2 Å². The van der Waals surface area contributed by atoms with Crippen LogP contribution in [0.4, 0.5) is 0 Å². The standard InChI is InChI=1S/C24H26ClNO4/c1-15-11-18(12-16(2)23(15)25)30-10-6-9-20-19-8-5-4-7-17(19)13-21(20)24(28)26-14-22(27)29-3/h4-5,7-8,11-12H,6,9-10,13-14H2,1-3H3,(H,26,28). The molecule has 0 saturated carbocycles. The number of rotatable bonds is 8. The van der Waals surface area contributed by atoms with E-state index < -0.39 is 5.97 Å². The third-order valence-corrected chi connectivity index (χ3v) is 5.82. The third-order valence-electron chi connectivity index (χ3n) is 5.22. The fourth-order valence-corrected chi connectivity index (χ4v) is 3.80. The van der Waals surface area contributed by atoms with Gasteiger partial charge in [-0.15, -0.1) is 0 Å². The first kappa shape index (κ1) is 21.9. The molecule has 2 aromatic rings. The van der Waals surface area contributed by atoms with E-state index in [9.17, 15) is 9.59 Å². The highest BCUT2D eigenvalue weighted by Crippen LogP contribution is 2.36. The van der Waals surface area contributed by atoms with Gasteiger partial charge in [0.25, 0.3) is 0 Å². The number of amides is 1. The lowest BCUT2D eigenvalue weighted by atomic mass is 10.0. The molecule has 0 aromatic heterocycles. The molecule has 1 aliphatic carbocycles. The molecule has 30 heavy (non-hydrogen) atoms. The number of fused-ring (bicyclic) bond motifs is 1. The van der Waals surface area contributed by atoms with Crippen molar-refractivity contribution in [3.05, 3.63) is 69.2 Å². The molecule has 158 valence electrons. The van der Waals surface area contributed by atoms with Crippen molar-refractivity contribution in [3.8, 4) is 5.75 Å². The second kappa shape index (κ2) is 9.81. The number of halogens is 1. The molecule has 0 unspecified atom stereocenters. The summed E-state index contributed by atoms with van der Waals surface area (Å²) in [5.74, 6) is 0.102. The van der Waals surface area contributed by atoms with E-state index in [-0.39, 0.29) is 12.5 Å². The van der Waals surface area contributed by atoms with E-state index in [4.69, 9.17) is 16.3 Å². The van der Waals surface area contributed by atoms with Gasteiger partial charge in [-0.2, -0.15) is 0 Å². The molecule has 0 saturated heterocycles. The lowest BCUT2D eigenvalue weighted by molar-refractivity contribution is -0.140. The van der Waals surface area contributed by atoms with Gasteiger partial charge in [-0.25, -0.2) is 0 Å². The smallest absolute Gasteiger partial charge is 0.325 e. The van der Waals surface area contributed by atoms with Gasteiger partial charge in [0.2, 0.25) is 5.91 Å². The lowest BCUT2D eigenvalue weighted by Crippen LogP contribution is -2.31. The molecule has 0 radical (unpaired) electrons. The summed E-state index contributed by atoms with van der Waals surface area (Å²) in [4.78, 5) is 24.1. The Kier molecular flexibility index (Phi) is 7.16. The summed E-state index contributed by atoms with van der Waals surface area (Å²) < 4.78 is 10.5. The number of benzene rings is 2. The predicted octanol–water partition coefficient (Wildman–Crippen LogP) is 4.41. The van der Waals surface area contributed by atoms with Crippen LogP contribution >= 0.6 is 11.6 Å². The number of ether oxygens (including phenoxy) is 2. The zero-order chi connectivity index (χ0) is 21.7. The van der Waals surface area contributed by atoms with Crippen molar-refractivity contribution in [2.75, 3.05) is 20.3 Å². The lowest BCUT2D eigenvalue weighted by Gasteiger charge is -2.12. The quantitative estimate of drug-likeness (QED) is 0.500. The second-order valence-corrected chi connectivity index (χ2v) is 7.75. The number of carbonyl (C=O) groups excluding carboxylic acids is 2. The van der Waals surface area contributed by atoms with Crippen molar-refractivity contribution in [3.63, 3.8) is 0 Å². The maximum absolute atomic E-state index is 12.7. The Morgan fingerprint density at radius 1 is 1.13 bits per heavy atom. The summed E-state index contributed by atoms with van der Waals surface area (Å²) in [7, 11) is 1.30. The highest BCUT2D eigenvalue weighted by Gasteiger charge is 2.25. The summed E-state index contributed by atoms with van der Waals surface area (Å²) in [6.07, 6.45) is 2.04. The summed E-state index contributed by atoms with van der Waals surface area (Å²) in [6.45, 7) is 4.31. The van der Waals surface area contributed by atoms with Crippen molar-refractivity contribution in [2.24, 2.45) is 0 Å². The Balaban J connectivity index is 1.67. The van der Waals surface area contributed by atoms with Gasteiger partial charge in [0.1, 0.15) is 12.3 Å². The number of esters is 1. The second-order valence-electron chi connectivity index (χ2n) is 7.37. The average Bonchev–Trinajstić information content (AvgIpc) is 3.11. The molecule has 0 heterocycles. The van der Waals surface area contributed by atoms with Crippen molar-refractivity contribution in [1.29, 1.82) is 0 Å². The highest BCUT2D eigenvalue weighted by atomic mass is 35.5. The van der Waals surface area contributed by atoms with E-state index in [1.54, 1.807) is 0 Å². The van der Waals surface area contributed by atoms with Gasteiger partial charge >= 0.3 is 5.97 Å². The average molecular weight is 428 g/mol. The zero-order valence-electron chi connectivity index (χ0n) is 17.5. The van der Waals surface area contributed by atoms with E-state index in [2.05, 4.69) is 10.1 Å². The van der Waals surface area contributed by atoms with Gasteiger partial charge in [0.15, 0.2) is 0 Å². The van der Waals surface area contributed by atoms with E-state index in [0.29, 0.717) is 25.0 Å². The predicted molar refractivity (Wildman–Crippen MR) is 118 cm³/mol. The van der Waals surface area contributed by atoms with Crippen LogP contribution in [0.3, 0.4) is 0 Å². The van der Waals surface area contributed by atoms with Gasteiger partial charge in [0.05, 0.1) is 13.7 Å². The number of methoxy groups -OCH3 is 1. The largest absolute Gasteiger partial charge is 0.494 e. The maximum Gasteiger partial charge on any atom is 0.325 e. The molecule has 1 N–H and O–H groups in total. The summed E-state index contributed by atoms with van der Waals surface area (Å²) in [5.41, 5.74) is 5.92. The Morgan fingerprint density at radius 3 is 2.53 bits per heavy atom. The minimum absolute atomic E-state index is 0.138. The van der Waals surface area contributed by atoms with Crippen LogP contribution in [0.25, 0.3) is 5.57 Å². The molecule has 0 spiro atoms. The molecular weight excluding hydrogens is 402 g/mol. The Morgan fingerprint density at radius 2 is 1.83 bits per heavy atom. The Bertz CT molecular complexity index is 973. The molecule has 1 amide bonds. The fraction of sp³-hybridized carbons (Fsp3) is 0.333. The molecule has 0 aliphatic heterocycles. The van der Waals surface area contributed by atoms with Gasteiger partial charge in [-0.05, 0) is 66.6 Å². The van der Waals surface area contributed by atoms with Crippen LogP contribution < -0.4 is 10.1 Å². The number of hydrogen-bond donors (Lipinski definition) is 1. The first-order valence-electron chi connectivity index (χ1n) is 9.95. The minimum atomic E-state index is -0.469. The first-order valence-corrected chi connectivity index (χ1v) is 10.3. The van der Waals surface area contributed by atoms with Gasteiger partial charge in [-0.1, -0.05) is 35.9 Å². The zero-order valence-corrected chi connectivity index (χ0v) is 18.3. The van der Waals surface area contributed by atoms with Crippen molar-refractivity contribution >= 4 is 29.1 Å². The molecule has 2 aromatic carbocycles. The van der Waals surface area contributed by atoms with E-state index >= 15 is 0 Å². The monoisotopic (exact) mass is 427 g/mol. The van der Waals surface area contributed by atoms with Crippen LogP contribution in [0.2, 0.25) is 5.02 Å². The SMILES string of the molecule is COC(=O)CNC(=O)C1=C(CCCOc2cc(C)c(Cl)c(C)c2)c2ccccc2C1. The molecular formula is C24H26ClNO4. The molecule has 1 aliphatic rings. The van der Waals surface area contributed by atoms with Crippen LogP contribution in [-0.4, -0.2) is 32.1 Å². The minimum Gasteiger partial charge on any atom is -0.494 e. The molecule has 5 nitrogen and oxygen atoms in total. The van der Waals surface area contributed by atoms with Gasteiger partial charge in [0, 0.05) is 17.0 Å². The number of nitrogens with one attached hydrogen (secondary N) is 1. The van der Waals surface area contributed by atoms with E-state index in [0.717, 1.165) is 45.0 Å². The van der Waals surface area contributed by atoms with Gasteiger partial charge < -0.3 is 14.8 Å². The number of hydrogen-bond acceptors (Lipinski definition) is 4. The topological polar surface area (TPSA) is 64.6 Å². The van der Waals surface area contributed by atoms with Crippen molar-refractivity contribution in [2.45, 2.75) is 33.1 Å². The highest BCUT2D eigenvalue weighted by molar-refractivity contribution is 6.32. The molecule has 0 fully saturated rings. The van der Waals surface area contributed by atoms with Crippen LogP contribution in [0.5, 0.6) is 5.75 Å². The molecule has 0 atom stereocenters. The number of carbonyl (C=O) groups is 2. The van der Waals surface area contributed by atoms with Crippen LogP contribution in [-0.2, 0) is 20.7 Å². The normalized spacial score (nSPS) is 12.5. The van der Waals surface area contributed by atoms with Crippen molar-refractivity contribution in [1.82, 2.24) is 5.32 Å². The number of aryl methyl sites for hydroxylation is 2. The molecule has 0 bridgehead atoms. The Labute approximate surface area is 182 Å². The first-order chi connectivity index (χ1) is 14.4. The van der Waals surface area contributed by atoms with Gasteiger partial charge in [-0.3, -0.25) is 9.59 Å². The van der Waals surface area contributed by atoms with Crippen molar-refractivity contribution < 1.29 is 19.1 Å². The summed E-state index contributed by atoms with van der Waals surface area (Å²) >= 11 is 6.22. The summed E-state index contributed by atoms with van der Waals surface area (Å²) in [6, 6.07) is 11.9. The Hall–Kier alpha value is -2.79. The molecule has 3 rings (SSSR count). The fourth-order valence-electron chi connectivity index (χ4n) is 3.69. The summed E-state index contributed by atoms with van der Waals surface area (Å²) in [5, 5.41) is 3.42. The number of allylic oxidation sites excluding steroid dienone is 1. The third kappa shape index (κ3) is 5.03. The van der Waals surface area contributed by atoms with Crippen LogP contribution in [0.1, 0.15) is 35.1 Å². The van der Waals surface area contributed by atoms with Crippen LogP contribution in [0, 0.1) is 13.8 Å². The van der Waals surface area contributed by atoms with Crippen LogP contribution in [0.15, 0.2) is 42.0 Å². The van der Waals surface area contributed by atoms with E-state index in [1.165, 1.54) is 7.11 Å². The molecule has 6 heteroatoms.